The van der Waals surface area contributed by atoms with Crippen LogP contribution < -0.4 is 9.64 Å². The number of carbonyl (C=O) groups excluding carboxylic acids is 2. The molecule has 1 atom stereocenters. The van der Waals surface area contributed by atoms with E-state index in [0.29, 0.717) is 41.5 Å². The number of benzene rings is 1. The topological polar surface area (TPSA) is 68.3 Å². The van der Waals surface area contributed by atoms with Crippen LogP contribution in [0.4, 0.5) is 13.8 Å². The molecule has 0 bridgehead atoms. The van der Waals surface area contributed by atoms with E-state index >= 15 is 0 Å². The van der Waals surface area contributed by atoms with Crippen molar-refractivity contribution in [1.29, 1.82) is 0 Å². The second-order valence-corrected chi connectivity index (χ2v) is 10.2. The van der Waals surface area contributed by atoms with Crippen LogP contribution in [-0.2, 0) is 14.3 Å². The van der Waals surface area contributed by atoms with Gasteiger partial charge in [0.25, 0.3) is 11.8 Å². The number of halogens is 2. The summed E-state index contributed by atoms with van der Waals surface area (Å²) < 4.78 is 44.4. The summed E-state index contributed by atoms with van der Waals surface area (Å²) in [6, 6.07) is 6.97. The van der Waals surface area contributed by atoms with Crippen LogP contribution in [0.15, 0.2) is 29.6 Å². The number of para-hydroxylation sites is 1. The van der Waals surface area contributed by atoms with E-state index in [4.69, 9.17) is 14.2 Å². The normalized spacial score (nSPS) is 18.8. The molecule has 1 aromatic heterocycles. The molecule has 0 N–H and O–H groups in total. The third kappa shape index (κ3) is 5.71. The predicted molar refractivity (Wildman–Crippen MR) is 133 cm³/mol. The molecule has 2 amide bonds. The highest BCUT2D eigenvalue weighted by atomic mass is 32.1. The zero-order valence-electron chi connectivity index (χ0n) is 20.7. The lowest BCUT2D eigenvalue weighted by atomic mass is 9.87. The summed E-state index contributed by atoms with van der Waals surface area (Å²) in [6.07, 6.45) is 0.925. The summed E-state index contributed by atoms with van der Waals surface area (Å²) in [4.78, 5) is 28.6. The summed E-state index contributed by atoms with van der Waals surface area (Å²) in [7, 11) is 3.13. The van der Waals surface area contributed by atoms with Crippen molar-refractivity contribution in [3.05, 3.63) is 46.3 Å². The van der Waals surface area contributed by atoms with Gasteiger partial charge in [-0.05, 0) is 36.8 Å². The fraction of sp³-hybridized carbons (Fsp3) is 0.538. The third-order valence-electron chi connectivity index (χ3n) is 6.87. The average Bonchev–Trinajstić information content (AvgIpc) is 3.25. The minimum Gasteiger partial charge on any atom is -0.496 e. The highest BCUT2D eigenvalue weighted by Crippen LogP contribution is 2.42. The Morgan fingerprint density at radius 1 is 1.28 bits per heavy atom. The number of ether oxygens (including phenoxy) is 3. The van der Waals surface area contributed by atoms with Gasteiger partial charge in [0.15, 0.2) is 0 Å². The fourth-order valence-corrected chi connectivity index (χ4v) is 5.72. The average molecular weight is 523 g/mol. The third-order valence-corrected chi connectivity index (χ3v) is 8.00. The van der Waals surface area contributed by atoms with Crippen LogP contribution >= 0.6 is 11.3 Å². The highest BCUT2D eigenvalue weighted by Gasteiger charge is 2.48. The summed E-state index contributed by atoms with van der Waals surface area (Å²) in [6.45, 7) is 3.16. The first-order valence-corrected chi connectivity index (χ1v) is 12.9. The van der Waals surface area contributed by atoms with Crippen molar-refractivity contribution in [1.82, 2.24) is 4.90 Å². The van der Waals surface area contributed by atoms with E-state index in [1.807, 2.05) is 24.3 Å². The van der Waals surface area contributed by atoms with Crippen LogP contribution in [0.5, 0.6) is 5.75 Å². The van der Waals surface area contributed by atoms with Crippen molar-refractivity contribution < 1.29 is 32.6 Å². The number of alkyl halides is 2. The Morgan fingerprint density at radius 3 is 2.61 bits per heavy atom. The number of anilines is 1. The van der Waals surface area contributed by atoms with Crippen molar-refractivity contribution in [3.63, 3.8) is 0 Å². The molecule has 2 fully saturated rings. The number of hydrogen-bond acceptors (Lipinski definition) is 6. The van der Waals surface area contributed by atoms with Gasteiger partial charge < -0.3 is 24.0 Å². The molecule has 1 aromatic carbocycles. The first-order chi connectivity index (χ1) is 17.2. The molecule has 10 heteroatoms. The maximum absolute atomic E-state index is 13.4. The van der Waals surface area contributed by atoms with Gasteiger partial charge in [-0.2, -0.15) is 0 Å². The second kappa shape index (κ2) is 11.2. The largest absolute Gasteiger partial charge is 0.496 e. The molecule has 2 aliphatic rings. The van der Waals surface area contributed by atoms with E-state index in [2.05, 4.69) is 0 Å². The van der Waals surface area contributed by atoms with Gasteiger partial charge >= 0.3 is 0 Å². The van der Waals surface area contributed by atoms with E-state index in [-0.39, 0.29) is 31.4 Å². The number of methoxy groups -OCH3 is 1. The number of aryl methyl sites for hydroxylation is 1. The van der Waals surface area contributed by atoms with E-state index in [1.165, 1.54) is 21.1 Å². The van der Waals surface area contributed by atoms with Crippen molar-refractivity contribution >= 4 is 28.7 Å². The zero-order chi connectivity index (χ0) is 25.9. The number of hydrogen-bond donors (Lipinski definition) is 0. The molecule has 1 aliphatic carbocycles. The predicted octanol–water partition coefficient (Wildman–Crippen LogP) is 4.83. The van der Waals surface area contributed by atoms with Crippen LogP contribution in [0.25, 0.3) is 0 Å². The van der Waals surface area contributed by atoms with E-state index in [9.17, 15) is 18.4 Å². The van der Waals surface area contributed by atoms with Crippen LogP contribution in [0.2, 0.25) is 0 Å². The van der Waals surface area contributed by atoms with E-state index < -0.39 is 18.1 Å². The van der Waals surface area contributed by atoms with Crippen LogP contribution in [0, 0.1) is 6.92 Å². The maximum Gasteiger partial charge on any atom is 0.257 e. The summed E-state index contributed by atoms with van der Waals surface area (Å²) in [5.74, 6) is -2.45. The Bertz CT molecular complexity index is 1060. The quantitative estimate of drug-likeness (QED) is 0.418. The Kier molecular flexibility index (Phi) is 8.27. The first-order valence-electron chi connectivity index (χ1n) is 12.0. The molecule has 1 unspecified atom stereocenters. The molecule has 7 nitrogen and oxygen atoms in total. The van der Waals surface area contributed by atoms with Crippen LogP contribution in [-0.4, -0.2) is 69.2 Å². The van der Waals surface area contributed by atoms with Crippen molar-refractivity contribution in [3.8, 4) is 5.75 Å². The molecule has 0 radical (unpaired) electrons. The number of rotatable bonds is 10. The lowest BCUT2D eigenvalue weighted by Crippen LogP contribution is -2.51. The lowest BCUT2D eigenvalue weighted by Gasteiger charge is -2.41. The first kappa shape index (κ1) is 26.5. The van der Waals surface area contributed by atoms with Gasteiger partial charge in [0, 0.05) is 44.7 Å². The van der Waals surface area contributed by atoms with Gasteiger partial charge in [-0.3, -0.25) is 9.59 Å². The SMILES string of the molecule is COc1ccccc1C(CN(C=O)c1scc(C)c1C(=O)N(C)C1CC(F)(F)C1)OC1CCOCC1. The van der Waals surface area contributed by atoms with Gasteiger partial charge in [0.1, 0.15) is 16.9 Å². The number of carbonyl (C=O) groups is 2. The van der Waals surface area contributed by atoms with Crippen LogP contribution in [0.1, 0.15) is 53.3 Å². The molecule has 36 heavy (non-hydrogen) atoms. The van der Waals surface area contributed by atoms with E-state index in [0.717, 1.165) is 18.4 Å². The highest BCUT2D eigenvalue weighted by molar-refractivity contribution is 7.15. The molecular weight excluding hydrogens is 490 g/mol. The summed E-state index contributed by atoms with van der Waals surface area (Å²) >= 11 is 1.28. The molecule has 2 heterocycles. The molecule has 1 aliphatic heterocycles. The van der Waals surface area contributed by atoms with Gasteiger partial charge in [-0.1, -0.05) is 18.2 Å². The zero-order valence-corrected chi connectivity index (χ0v) is 21.6. The van der Waals surface area contributed by atoms with Gasteiger partial charge in [0.05, 0.1) is 25.3 Å². The number of thiophene rings is 1. The van der Waals surface area contributed by atoms with E-state index in [1.54, 1.807) is 26.5 Å². The molecule has 0 spiro atoms. The molecule has 4 rings (SSSR count). The monoisotopic (exact) mass is 522 g/mol. The smallest absolute Gasteiger partial charge is 0.257 e. The van der Waals surface area contributed by atoms with Gasteiger partial charge in [0.2, 0.25) is 6.41 Å². The second-order valence-electron chi connectivity index (χ2n) is 9.37. The lowest BCUT2D eigenvalue weighted by molar-refractivity contribution is -0.112. The Balaban J connectivity index is 1.60. The fourth-order valence-electron chi connectivity index (χ4n) is 4.69. The van der Waals surface area contributed by atoms with Crippen LogP contribution in [0.3, 0.4) is 0 Å². The molecule has 1 saturated carbocycles. The molecule has 2 aromatic rings. The minimum atomic E-state index is -2.73. The van der Waals surface area contributed by atoms with Gasteiger partial charge in [-0.15, -0.1) is 11.3 Å². The van der Waals surface area contributed by atoms with Crippen molar-refractivity contribution in [2.24, 2.45) is 0 Å². The Morgan fingerprint density at radius 2 is 1.97 bits per heavy atom. The van der Waals surface area contributed by atoms with Gasteiger partial charge in [-0.25, -0.2) is 8.78 Å². The number of amides is 2. The number of nitrogens with zero attached hydrogens (tertiary/aromatic N) is 2. The molecule has 196 valence electrons. The van der Waals surface area contributed by atoms with Crippen molar-refractivity contribution in [2.45, 2.75) is 56.8 Å². The van der Waals surface area contributed by atoms with Crippen molar-refractivity contribution in [2.75, 3.05) is 38.8 Å². The Labute approximate surface area is 213 Å². The maximum atomic E-state index is 13.4. The Hall–Kier alpha value is -2.56. The molecular formula is C26H32F2N2O5S. The minimum absolute atomic E-state index is 0.0419. The summed E-state index contributed by atoms with van der Waals surface area (Å²) in [5, 5.41) is 2.28. The molecule has 1 saturated heterocycles. The standard InChI is InChI=1S/C26H32F2N2O5S/c1-17-15-36-25(23(17)24(32)29(2)18-12-26(27,28)13-18)30(16-31)14-22(35-19-8-10-34-11-9-19)20-6-4-5-7-21(20)33-3/h4-7,15-16,18-19,22H,8-14H2,1-3H3. The summed E-state index contributed by atoms with van der Waals surface area (Å²) in [5.41, 5.74) is 1.85.